The number of nitrogens with zero attached hydrogens (tertiary/aromatic N) is 1. The molecule has 1 heterocycles. The third kappa shape index (κ3) is 2.24. The molecular formula is C13H14BF2NO2. The predicted octanol–water partition coefficient (Wildman–Crippen LogP) is 2.81. The first kappa shape index (κ1) is 14.0. The molecule has 6 heteroatoms. The van der Waals surface area contributed by atoms with Crippen LogP contribution in [0.5, 0.6) is 0 Å². The van der Waals surface area contributed by atoms with Gasteiger partial charge in [0.1, 0.15) is 5.82 Å². The zero-order valence-corrected chi connectivity index (χ0v) is 11.3. The van der Waals surface area contributed by atoms with Crippen LogP contribution in [0.2, 0.25) is 0 Å². The highest BCUT2D eigenvalue weighted by atomic mass is 19.2. The first-order valence-corrected chi connectivity index (χ1v) is 5.90. The average molecular weight is 265 g/mol. The molecule has 0 aromatic heterocycles. The first-order valence-electron chi connectivity index (χ1n) is 5.90. The number of rotatable bonds is 1. The van der Waals surface area contributed by atoms with Crippen molar-refractivity contribution < 1.29 is 18.1 Å². The minimum absolute atomic E-state index is 0.309. The summed E-state index contributed by atoms with van der Waals surface area (Å²) >= 11 is 0. The maximum atomic E-state index is 13.4. The monoisotopic (exact) mass is 265 g/mol. The summed E-state index contributed by atoms with van der Waals surface area (Å²) in [5, 5.41) is 0. The van der Waals surface area contributed by atoms with Gasteiger partial charge in [-0.05, 0) is 39.2 Å². The summed E-state index contributed by atoms with van der Waals surface area (Å²) in [7, 11) is -0.805. The van der Waals surface area contributed by atoms with Crippen LogP contribution in [0.25, 0.3) is 4.85 Å². The topological polar surface area (TPSA) is 22.8 Å². The van der Waals surface area contributed by atoms with Gasteiger partial charge in [0.05, 0.1) is 17.8 Å². The summed E-state index contributed by atoms with van der Waals surface area (Å²) < 4.78 is 38.2. The highest BCUT2D eigenvalue weighted by Crippen LogP contribution is 2.36. The van der Waals surface area contributed by atoms with Crippen LogP contribution >= 0.6 is 0 Å². The van der Waals surface area contributed by atoms with Gasteiger partial charge in [0, 0.05) is 0 Å². The van der Waals surface area contributed by atoms with Gasteiger partial charge >= 0.3 is 7.12 Å². The Morgan fingerprint density at radius 3 is 2.11 bits per heavy atom. The lowest BCUT2D eigenvalue weighted by atomic mass is 9.79. The van der Waals surface area contributed by atoms with Gasteiger partial charge in [-0.1, -0.05) is 6.07 Å². The molecular weight excluding hydrogens is 251 g/mol. The van der Waals surface area contributed by atoms with Gasteiger partial charge in [0.15, 0.2) is 5.82 Å². The van der Waals surface area contributed by atoms with Crippen molar-refractivity contribution in [3.05, 3.63) is 35.2 Å². The van der Waals surface area contributed by atoms with Crippen molar-refractivity contribution in [2.45, 2.75) is 38.9 Å². The Balaban J connectivity index is 2.41. The smallest absolute Gasteiger partial charge is 0.399 e. The lowest BCUT2D eigenvalue weighted by Gasteiger charge is -2.32. The van der Waals surface area contributed by atoms with Crippen molar-refractivity contribution in [3.8, 4) is 0 Å². The van der Waals surface area contributed by atoms with E-state index < -0.39 is 30.0 Å². The van der Waals surface area contributed by atoms with E-state index in [9.17, 15) is 8.78 Å². The molecule has 1 saturated heterocycles. The molecule has 0 amide bonds. The molecule has 0 saturated carbocycles. The zero-order valence-electron chi connectivity index (χ0n) is 11.3. The average Bonchev–Trinajstić information content (AvgIpc) is 2.52. The molecule has 0 unspecified atom stereocenters. The van der Waals surface area contributed by atoms with Crippen LogP contribution in [0.1, 0.15) is 27.7 Å². The Kier molecular flexibility index (Phi) is 3.16. The maximum Gasteiger partial charge on any atom is 0.493 e. The van der Waals surface area contributed by atoms with Gasteiger partial charge in [-0.3, -0.25) is 0 Å². The molecule has 19 heavy (non-hydrogen) atoms. The molecule has 100 valence electrons. The molecule has 0 atom stereocenters. The molecule has 0 N–H and O–H groups in total. The van der Waals surface area contributed by atoms with Crippen molar-refractivity contribution in [1.82, 2.24) is 0 Å². The third-order valence-corrected chi connectivity index (χ3v) is 3.68. The minimum atomic E-state index is -1.14. The van der Waals surface area contributed by atoms with E-state index >= 15 is 0 Å². The van der Waals surface area contributed by atoms with Gasteiger partial charge < -0.3 is 9.31 Å². The van der Waals surface area contributed by atoms with Crippen molar-refractivity contribution in [1.29, 1.82) is 0 Å². The molecule has 1 aromatic carbocycles. The number of hydrogen-bond donors (Lipinski definition) is 0. The quantitative estimate of drug-likeness (QED) is 0.575. The molecule has 2 rings (SSSR count). The summed E-state index contributed by atoms with van der Waals surface area (Å²) in [5.74, 6) is -2.21. The Hall–Kier alpha value is -1.45. The fourth-order valence-electron chi connectivity index (χ4n) is 1.79. The van der Waals surface area contributed by atoms with E-state index in [4.69, 9.17) is 15.9 Å². The fraction of sp³-hybridized carbons (Fsp3) is 0.462. The van der Waals surface area contributed by atoms with Crippen molar-refractivity contribution in [2.75, 3.05) is 0 Å². The molecule has 0 aliphatic carbocycles. The van der Waals surface area contributed by atoms with E-state index in [-0.39, 0.29) is 5.69 Å². The van der Waals surface area contributed by atoms with E-state index in [1.54, 1.807) is 0 Å². The normalized spacial score (nSPS) is 20.4. The number of hydrogen-bond acceptors (Lipinski definition) is 2. The fourth-order valence-corrected chi connectivity index (χ4v) is 1.79. The standard InChI is InChI=1S/C13H14BF2NO2/c1-12(2)13(3,4)19-14(18-12)8-6-9(15)11(16)10(7-8)17-5/h6-7H,1-4H3. The maximum absolute atomic E-state index is 13.4. The van der Waals surface area contributed by atoms with Crippen molar-refractivity contribution in [3.63, 3.8) is 0 Å². The summed E-state index contributed by atoms with van der Waals surface area (Å²) in [4.78, 5) is 2.96. The molecule has 1 aliphatic rings. The van der Waals surface area contributed by atoms with Gasteiger partial charge in [-0.2, -0.15) is 0 Å². The van der Waals surface area contributed by atoms with E-state index in [2.05, 4.69) is 4.85 Å². The van der Waals surface area contributed by atoms with Gasteiger partial charge in [0.2, 0.25) is 5.69 Å². The summed E-state index contributed by atoms with van der Waals surface area (Å²) in [5.41, 5.74) is -1.20. The molecule has 0 spiro atoms. The van der Waals surface area contributed by atoms with Crippen LogP contribution in [-0.4, -0.2) is 18.3 Å². The second-order valence-corrected chi connectivity index (χ2v) is 5.54. The molecule has 1 aromatic rings. The Labute approximate surface area is 111 Å². The van der Waals surface area contributed by atoms with Crippen molar-refractivity contribution >= 4 is 18.3 Å². The molecule has 1 aliphatic heterocycles. The van der Waals surface area contributed by atoms with E-state index in [0.29, 0.717) is 5.46 Å². The molecule has 0 radical (unpaired) electrons. The lowest BCUT2D eigenvalue weighted by molar-refractivity contribution is 0.00578. The number of benzene rings is 1. The number of halogens is 2. The minimum Gasteiger partial charge on any atom is -0.399 e. The molecule has 0 bridgehead atoms. The van der Waals surface area contributed by atoms with Crippen LogP contribution in [0.4, 0.5) is 14.5 Å². The van der Waals surface area contributed by atoms with Crippen molar-refractivity contribution in [2.24, 2.45) is 0 Å². The van der Waals surface area contributed by atoms with E-state index in [1.165, 1.54) is 6.07 Å². The van der Waals surface area contributed by atoms with Gasteiger partial charge in [-0.15, -0.1) is 0 Å². The lowest BCUT2D eigenvalue weighted by Crippen LogP contribution is -2.41. The molecule has 1 fully saturated rings. The highest BCUT2D eigenvalue weighted by molar-refractivity contribution is 6.62. The SMILES string of the molecule is [C-]#[N+]c1cc(B2OC(C)(C)C(C)(C)O2)cc(F)c1F. The largest absolute Gasteiger partial charge is 0.493 e. The second kappa shape index (κ2) is 4.29. The van der Waals surface area contributed by atoms with Gasteiger partial charge in [-0.25, -0.2) is 13.6 Å². The summed E-state index contributed by atoms with van der Waals surface area (Å²) in [6, 6.07) is 2.26. The zero-order chi connectivity index (χ0) is 14.4. The first-order chi connectivity index (χ1) is 8.68. The second-order valence-electron chi connectivity index (χ2n) is 5.54. The van der Waals surface area contributed by atoms with Crippen LogP contribution in [0, 0.1) is 18.2 Å². The Morgan fingerprint density at radius 1 is 1.11 bits per heavy atom. The van der Waals surface area contributed by atoms with Crippen LogP contribution in [0.15, 0.2) is 12.1 Å². The van der Waals surface area contributed by atoms with E-state index in [1.807, 2.05) is 27.7 Å². The highest BCUT2D eigenvalue weighted by Gasteiger charge is 2.51. The Bertz CT molecular complexity index is 550. The van der Waals surface area contributed by atoms with Gasteiger partial charge in [0.25, 0.3) is 0 Å². The van der Waals surface area contributed by atoms with E-state index in [0.717, 1.165) is 6.07 Å². The van der Waals surface area contributed by atoms with Crippen LogP contribution in [-0.2, 0) is 9.31 Å². The van der Waals surface area contributed by atoms with Crippen LogP contribution in [0.3, 0.4) is 0 Å². The Morgan fingerprint density at radius 2 is 1.63 bits per heavy atom. The summed E-state index contributed by atoms with van der Waals surface area (Å²) in [6.45, 7) is 14.3. The van der Waals surface area contributed by atoms with Crippen LogP contribution < -0.4 is 5.46 Å². The molecule has 3 nitrogen and oxygen atoms in total. The third-order valence-electron chi connectivity index (χ3n) is 3.68. The summed E-state index contributed by atoms with van der Waals surface area (Å²) in [6.07, 6.45) is 0. The predicted molar refractivity (Wildman–Crippen MR) is 68.3 cm³/mol.